The number of carbonyl (C=O) groups is 2. The molecule has 8 heteroatoms. The van der Waals surface area contributed by atoms with Crippen LogP contribution in [0.3, 0.4) is 0 Å². The number of benzene rings is 2. The van der Waals surface area contributed by atoms with Crippen LogP contribution in [0, 0.1) is 0 Å². The Bertz CT molecular complexity index is 824. The second kappa shape index (κ2) is 10.2. The minimum absolute atomic E-state index is 0.129. The summed E-state index contributed by atoms with van der Waals surface area (Å²) in [7, 11) is 4.53. The van der Waals surface area contributed by atoms with Crippen LogP contribution in [0.25, 0.3) is 0 Å². The first-order chi connectivity index (χ1) is 13.5. The molecule has 0 aliphatic heterocycles. The summed E-state index contributed by atoms with van der Waals surface area (Å²) in [6.07, 6.45) is -1.01. The summed E-state index contributed by atoms with van der Waals surface area (Å²) in [6, 6.07) is 12.1. The molecule has 0 saturated carbocycles. The fourth-order valence-electron chi connectivity index (χ4n) is 2.55. The SMILES string of the molecule is COc1ccccc1CNC(=O)C(=O)NCC(O)c1ccc(OC)c(OC)c1. The van der Waals surface area contributed by atoms with Crippen molar-refractivity contribution in [3.8, 4) is 17.2 Å². The van der Waals surface area contributed by atoms with E-state index >= 15 is 0 Å². The smallest absolute Gasteiger partial charge is 0.309 e. The van der Waals surface area contributed by atoms with E-state index < -0.39 is 17.9 Å². The Balaban J connectivity index is 1.88. The normalized spacial score (nSPS) is 11.3. The van der Waals surface area contributed by atoms with Gasteiger partial charge in [-0.25, -0.2) is 0 Å². The predicted octanol–water partition coefficient (Wildman–Crippen LogP) is 1.18. The second-order valence-corrected chi connectivity index (χ2v) is 5.83. The lowest BCUT2D eigenvalue weighted by Crippen LogP contribution is -2.41. The topological polar surface area (TPSA) is 106 Å². The molecule has 0 radical (unpaired) electrons. The van der Waals surface area contributed by atoms with Gasteiger partial charge in [0.05, 0.1) is 27.4 Å². The molecule has 8 nitrogen and oxygen atoms in total. The van der Waals surface area contributed by atoms with Gasteiger partial charge in [0.2, 0.25) is 0 Å². The van der Waals surface area contributed by atoms with Crippen molar-refractivity contribution in [2.24, 2.45) is 0 Å². The van der Waals surface area contributed by atoms with Crippen molar-refractivity contribution >= 4 is 11.8 Å². The van der Waals surface area contributed by atoms with Crippen LogP contribution in [0.4, 0.5) is 0 Å². The number of hydrogen-bond acceptors (Lipinski definition) is 6. The van der Waals surface area contributed by atoms with Gasteiger partial charge in [-0.1, -0.05) is 24.3 Å². The molecule has 1 unspecified atom stereocenters. The van der Waals surface area contributed by atoms with E-state index in [1.165, 1.54) is 21.3 Å². The van der Waals surface area contributed by atoms with Crippen molar-refractivity contribution in [2.45, 2.75) is 12.6 Å². The number of methoxy groups -OCH3 is 3. The molecule has 2 amide bonds. The van der Waals surface area contributed by atoms with E-state index in [0.29, 0.717) is 22.8 Å². The summed E-state index contributed by atoms with van der Waals surface area (Å²) in [5, 5.41) is 15.2. The highest BCUT2D eigenvalue weighted by Crippen LogP contribution is 2.29. The molecule has 0 spiro atoms. The Morgan fingerprint density at radius 2 is 1.54 bits per heavy atom. The summed E-state index contributed by atoms with van der Waals surface area (Å²) in [5.74, 6) is -0.0370. The number of hydrogen-bond donors (Lipinski definition) is 3. The number of rotatable bonds is 8. The van der Waals surface area contributed by atoms with E-state index in [-0.39, 0.29) is 13.1 Å². The van der Waals surface area contributed by atoms with Gasteiger partial charge in [-0.15, -0.1) is 0 Å². The van der Waals surface area contributed by atoms with Crippen LogP contribution in [-0.2, 0) is 16.1 Å². The molecule has 0 aromatic heterocycles. The zero-order valence-electron chi connectivity index (χ0n) is 16.0. The molecule has 2 aromatic carbocycles. The van der Waals surface area contributed by atoms with Gasteiger partial charge in [0.1, 0.15) is 5.75 Å². The molecule has 3 N–H and O–H groups in total. The van der Waals surface area contributed by atoms with Gasteiger partial charge in [0, 0.05) is 18.7 Å². The lowest BCUT2D eigenvalue weighted by molar-refractivity contribution is -0.139. The molecule has 1 atom stereocenters. The summed E-state index contributed by atoms with van der Waals surface area (Å²) in [4.78, 5) is 23.9. The Labute approximate surface area is 163 Å². The average molecular weight is 388 g/mol. The van der Waals surface area contributed by atoms with Crippen molar-refractivity contribution < 1.29 is 28.9 Å². The van der Waals surface area contributed by atoms with Gasteiger partial charge < -0.3 is 30.0 Å². The van der Waals surface area contributed by atoms with Crippen LogP contribution in [0.2, 0.25) is 0 Å². The minimum atomic E-state index is -1.01. The molecule has 2 rings (SSSR count). The van der Waals surface area contributed by atoms with Gasteiger partial charge in [-0.05, 0) is 23.8 Å². The molecule has 0 heterocycles. The van der Waals surface area contributed by atoms with Gasteiger partial charge in [0.15, 0.2) is 11.5 Å². The van der Waals surface area contributed by atoms with Crippen LogP contribution in [0.15, 0.2) is 42.5 Å². The van der Waals surface area contributed by atoms with Crippen LogP contribution in [0.5, 0.6) is 17.2 Å². The maximum absolute atomic E-state index is 12.0. The lowest BCUT2D eigenvalue weighted by atomic mass is 10.1. The number of carbonyl (C=O) groups excluding carboxylic acids is 2. The van der Waals surface area contributed by atoms with E-state index in [1.54, 1.807) is 30.3 Å². The lowest BCUT2D eigenvalue weighted by Gasteiger charge is -2.15. The average Bonchev–Trinajstić information content (AvgIpc) is 2.74. The first kappa shape index (κ1) is 21.0. The molecule has 0 saturated heterocycles. The molecular weight excluding hydrogens is 364 g/mol. The number of para-hydroxylation sites is 1. The number of amides is 2. The largest absolute Gasteiger partial charge is 0.496 e. The first-order valence-electron chi connectivity index (χ1n) is 8.58. The van der Waals surface area contributed by atoms with Gasteiger partial charge >= 0.3 is 11.8 Å². The maximum Gasteiger partial charge on any atom is 0.309 e. The minimum Gasteiger partial charge on any atom is -0.496 e. The maximum atomic E-state index is 12.0. The monoisotopic (exact) mass is 388 g/mol. The number of nitrogens with one attached hydrogen (secondary N) is 2. The summed E-state index contributed by atoms with van der Waals surface area (Å²) < 4.78 is 15.5. The molecule has 2 aromatic rings. The molecule has 0 aliphatic carbocycles. The van der Waals surface area contributed by atoms with E-state index in [0.717, 1.165) is 5.56 Å². The van der Waals surface area contributed by atoms with E-state index in [1.807, 2.05) is 12.1 Å². The number of aliphatic hydroxyl groups excluding tert-OH is 1. The molecule has 0 fully saturated rings. The Kier molecular flexibility index (Phi) is 7.65. The Morgan fingerprint density at radius 1 is 0.893 bits per heavy atom. The molecule has 0 bridgehead atoms. The summed E-state index contributed by atoms with van der Waals surface area (Å²) in [5.41, 5.74) is 1.27. The Hall–Kier alpha value is -3.26. The standard InChI is InChI=1S/C20H24N2O6/c1-26-16-7-5-4-6-14(16)11-21-19(24)20(25)22-12-15(23)13-8-9-17(27-2)18(10-13)28-3/h4-10,15,23H,11-12H2,1-3H3,(H,21,24)(H,22,25). The van der Waals surface area contributed by atoms with Crippen LogP contribution in [-0.4, -0.2) is 44.8 Å². The fraction of sp³-hybridized carbons (Fsp3) is 0.300. The predicted molar refractivity (Wildman–Crippen MR) is 102 cm³/mol. The highest BCUT2D eigenvalue weighted by Gasteiger charge is 2.17. The second-order valence-electron chi connectivity index (χ2n) is 5.83. The fourth-order valence-corrected chi connectivity index (χ4v) is 2.55. The van der Waals surface area contributed by atoms with Crippen LogP contribution >= 0.6 is 0 Å². The first-order valence-corrected chi connectivity index (χ1v) is 8.58. The van der Waals surface area contributed by atoms with Gasteiger partial charge in [0.25, 0.3) is 0 Å². The van der Waals surface area contributed by atoms with Crippen molar-refractivity contribution in [3.05, 3.63) is 53.6 Å². The van der Waals surface area contributed by atoms with Crippen molar-refractivity contribution in [1.29, 1.82) is 0 Å². The number of ether oxygens (including phenoxy) is 3. The molecular formula is C20H24N2O6. The molecule has 0 aliphatic rings. The third-order valence-electron chi connectivity index (χ3n) is 4.09. The molecule has 28 heavy (non-hydrogen) atoms. The van der Waals surface area contributed by atoms with Crippen molar-refractivity contribution in [2.75, 3.05) is 27.9 Å². The van der Waals surface area contributed by atoms with E-state index in [4.69, 9.17) is 14.2 Å². The highest BCUT2D eigenvalue weighted by atomic mass is 16.5. The third-order valence-corrected chi connectivity index (χ3v) is 4.09. The number of aliphatic hydroxyl groups is 1. The van der Waals surface area contributed by atoms with Gasteiger partial charge in [-0.2, -0.15) is 0 Å². The van der Waals surface area contributed by atoms with E-state index in [2.05, 4.69) is 10.6 Å². The summed E-state index contributed by atoms with van der Waals surface area (Å²) in [6.45, 7) is 0.0187. The van der Waals surface area contributed by atoms with Crippen molar-refractivity contribution in [1.82, 2.24) is 10.6 Å². The third kappa shape index (κ3) is 5.37. The van der Waals surface area contributed by atoms with Crippen molar-refractivity contribution in [3.63, 3.8) is 0 Å². The zero-order chi connectivity index (χ0) is 20.5. The highest BCUT2D eigenvalue weighted by molar-refractivity contribution is 6.35. The van der Waals surface area contributed by atoms with E-state index in [9.17, 15) is 14.7 Å². The van der Waals surface area contributed by atoms with Crippen LogP contribution in [0.1, 0.15) is 17.2 Å². The molecule has 150 valence electrons. The zero-order valence-corrected chi connectivity index (χ0v) is 16.0. The quantitative estimate of drug-likeness (QED) is 0.587. The van der Waals surface area contributed by atoms with Gasteiger partial charge in [-0.3, -0.25) is 9.59 Å². The van der Waals surface area contributed by atoms with Crippen LogP contribution < -0.4 is 24.8 Å². The Morgan fingerprint density at radius 3 is 2.21 bits per heavy atom. The summed E-state index contributed by atoms with van der Waals surface area (Å²) >= 11 is 0.